The van der Waals surface area contributed by atoms with E-state index in [0.717, 1.165) is 46.8 Å². The molecule has 1 unspecified atom stereocenters. The van der Waals surface area contributed by atoms with Gasteiger partial charge >= 0.3 is 0 Å². The number of aryl methyl sites for hydroxylation is 1. The van der Waals surface area contributed by atoms with Crippen LogP contribution in [0.4, 0.5) is 10.1 Å². The van der Waals surface area contributed by atoms with Gasteiger partial charge in [0.25, 0.3) is 0 Å². The lowest BCUT2D eigenvalue weighted by Gasteiger charge is -2.37. The summed E-state index contributed by atoms with van der Waals surface area (Å²) in [6.07, 6.45) is 2.74. The second kappa shape index (κ2) is 6.65. The van der Waals surface area contributed by atoms with Gasteiger partial charge in [-0.2, -0.15) is 0 Å². The van der Waals surface area contributed by atoms with E-state index in [9.17, 15) is 9.50 Å². The summed E-state index contributed by atoms with van der Waals surface area (Å²) < 4.78 is 15.4. The predicted octanol–water partition coefficient (Wildman–Crippen LogP) is 3.82. The highest BCUT2D eigenvalue weighted by molar-refractivity contribution is 5.85. The van der Waals surface area contributed by atoms with Crippen LogP contribution in [0.3, 0.4) is 0 Å². The van der Waals surface area contributed by atoms with E-state index in [-0.39, 0.29) is 30.9 Å². The lowest BCUT2D eigenvalue weighted by atomic mass is 9.93. The van der Waals surface area contributed by atoms with Gasteiger partial charge in [0.1, 0.15) is 5.82 Å². The van der Waals surface area contributed by atoms with Gasteiger partial charge in [0.15, 0.2) is 5.65 Å². The van der Waals surface area contributed by atoms with Crippen molar-refractivity contribution in [3.05, 3.63) is 64.9 Å². The lowest BCUT2D eigenvalue weighted by Crippen LogP contribution is -2.34. The molecule has 0 spiro atoms. The SMILES string of the molecule is Cc1nc2c(N3CCc4cc(F)ccc4C3C)cccn2c1CO.Cl. The Kier molecular flexibility index (Phi) is 4.71. The van der Waals surface area contributed by atoms with E-state index >= 15 is 0 Å². The van der Waals surface area contributed by atoms with Gasteiger partial charge in [-0.3, -0.25) is 4.40 Å². The van der Waals surface area contributed by atoms with Crippen molar-refractivity contribution in [2.24, 2.45) is 0 Å². The van der Waals surface area contributed by atoms with Crippen LogP contribution in [-0.2, 0) is 13.0 Å². The molecular weight excluding hydrogens is 341 g/mol. The number of aliphatic hydroxyl groups is 1. The van der Waals surface area contributed by atoms with E-state index in [1.165, 1.54) is 6.07 Å². The molecule has 0 bridgehead atoms. The lowest BCUT2D eigenvalue weighted by molar-refractivity contribution is 0.275. The molecule has 0 radical (unpaired) electrons. The van der Waals surface area contributed by atoms with Gasteiger partial charge in [-0.25, -0.2) is 9.37 Å². The number of hydrogen-bond acceptors (Lipinski definition) is 3. The topological polar surface area (TPSA) is 40.8 Å². The van der Waals surface area contributed by atoms with Crippen LogP contribution in [0.2, 0.25) is 0 Å². The first kappa shape index (κ1) is 17.7. The first-order valence-corrected chi connectivity index (χ1v) is 8.22. The van der Waals surface area contributed by atoms with E-state index in [1.54, 1.807) is 6.07 Å². The smallest absolute Gasteiger partial charge is 0.161 e. The van der Waals surface area contributed by atoms with Crippen LogP contribution in [0.5, 0.6) is 0 Å². The van der Waals surface area contributed by atoms with Gasteiger partial charge in [0.05, 0.1) is 29.7 Å². The van der Waals surface area contributed by atoms with Crippen molar-refractivity contribution < 1.29 is 9.50 Å². The average molecular weight is 362 g/mol. The molecule has 0 saturated heterocycles. The number of fused-ring (bicyclic) bond motifs is 2. The quantitative estimate of drug-likeness (QED) is 0.754. The molecule has 3 aromatic rings. The summed E-state index contributed by atoms with van der Waals surface area (Å²) >= 11 is 0. The fraction of sp³-hybridized carbons (Fsp3) is 0.316. The molecule has 1 aliphatic heterocycles. The maximum Gasteiger partial charge on any atom is 0.161 e. The molecule has 0 amide bonds. The first-order valence-electron chi connectivity index (χ1n) is 8.22. The van der Waals surface area contributed by atoms with Gasteiger partial charge in [0, 0.05) is 12.7 Å². The Labute approximate surface area is 152 Å². The van der Waals surface area contributed by atoms with Crippen molar-refractivity contribution in [1.82, 2.24) is 9.38 Å². The molecular formula is C19H21ClFN3O. The highest BCUT2D eigenvalue weighted by Crippen LogP contribution is 2.35. The molecule has 0 saturated carbocycles. The monoisotopic (exact) mass is 361 g/mol. The number of hydrogen-bond donors (Lipinski definition) is 1. The average Bonchev–Trinajstić information content (AvgIpc) is 2.90. The predicted molar refractivity (Wildman–Crippen MR) is 99.0 cm³/mol. The summed E-state index contributed by atoms with van der Waals surface area (Å²) in [6, 6.07) is 9.26. The molecule has 4 rings (SSSR count). The number of pyridine rings is 1. The van der Waals surface area contributed by atoms with Crippen LogP contribution in [0.15, 0.2) is 36.5 Å². The Bertz CT molecular complexity index is 924. The standard InChI is InChI=1S/C19H20FN3O.ClH/c1-12-18(11-24)23-8-3-4-17(19(23)21-12)22-9-7-14-10-15(20)5-6-16(14)13(22)2;/h3-6,8,10,13,24H,7,9,11H2,1-2H3;1H. The van der Waals surface area contributed by atoms with Gasteiger partial charge in [-0.1, -0.05) is 6.07 Å². The molecule has 4 nitrogen and oxygen atoms in total. The zero-order chi connectivity index (χ0) is 16.8. The molecule has 1 atom stereocenters. The maximum absolute atomic E-state index is 13.5. The summed E-state index contributed by atoms with van der Waals surface area (Å²) in [6.45, 7) is 4.84. The second-order valence-electron chi connectivity index (χ2n) is 6.35. The van der Waals surface area contributed by atoms with E-state index in [1.807, 2.05) is 29.7 Å². The highest BCUT2D eigenvalue weighted by atomic mass is 35.5. The Morgan fingerprint density at radius 1 is 1.32 bits per heavy atom. The van der Waals surface area contributed by atoms with Crippen LogP contribution in [0.25, 0.3) is 5.65 Å². The van der Waals surface area contributed by atoms with Crippen molar-refractivity contribution in [2.75, 3.05) is 11.4 Å². The zero-order valence-electron chi connectivity index (χ0n) is 14.2. The summed E-state index contributed by atoms with van der Waals surface area (Å²) in [5.74, 6) is -0.173. The van der Waals surface area contributed by atoms with Gasteiger partial charge in [0.2, 0.25) is 0 Å². The van der Waals surface area contributed by atoms with Crippen molar-refractivity contribution in [1.29, 1.82) is 0 Å². The van der Waals surface area contributed by atoms with Gasteiger partial charge in [-0.15, -0.1) is 12.4 Å². The number of aliphatic hydroxyl groups excluding tert-OH is 1. The Hall–Kier alpha value is -2.11. The van der Waals surface area contributed by atoms with Crippen LogP contribution >= 0.6 is 12.4 Å². The third-order valence-corrected chi connectivity index (χ3v) is 5.03. The molecule has 1 N–H and O–H groups in total. The Morgan fingerprint density at radius 2 is 2.12 bits per heavy atom. The summed E-state index contributed by atoms with van der Waals surface area (Å²) in [4.78, 5) is 6.97. The molecule has 1 aliphatic rings. The van der Waals surface area contributed by atoms with Crippen LogP contribution < -0.4 is 4.90 Å². The van der Waals surface area contributed by atoms with E-state index in [0.29, 0.717) is 0 Å². The molecule has 3 heterocycles. The largest absolute Gasteiger partial charge is 0.390 e. The summed E-state index contributed by atoms with van der Waals surface area (Å²) in [5.41, 5.74) is 5.81. The Balaban J connectivity index is 0.00000182. The number of aromatic nitrogens is 2. The summed E-state index contributed by atoms with van der Waals surface area (Å²) in [5, 5.41) is 9.60. The molecule has 2 aromatic heterocycles. The fourth-order valence-electron chi connectivity index (χ4n) is 3.76. The van der Waals surface area contributed by atoms with Crippen molar-refractivity contribution in [3.63, 3.8) is 0 Å². The number of halogens is 2. The van der Waals surface area contributed by atoms with Crippen molar-refractivity contribution >= 4 is 23.7 Å². The van der Waals surface area contributed by atoms with Gasteiger partial charge < -0.3 is 10.0 Å². The zero-order valence-corrected chi connectivity index (χ0v) is 15.1. The van der Waals surface area contributed by atoms with E-state index < -0.39 is 0 Å². The molecule has 132 valence electrons. The third kappa shape index (κ3) is 2.77. The molecule has 0 fully saturated rings. The van der Waals surface area contributed by atoms with Crippen LogP contribution in [-0.4, -0.2) is 21.0 Å². The van der Waals surface area contributed by atoms with E-state index in [2.05, 4.69) is 22.9 Å². The molecule has 25 heavy (non-hydrogen) atoms. The molecule has 1 aromatic carbocycles. The minimum atomic E-state index is -0.173. The fourth-order valence-corrected chi connectivity index (χ4v) is 3.76. The number of imidazole rings is 1. The minimum absolute atomic E-state index is 0. The summed E-state index contributed by atoms with van der Waals surface area (Å²) in [7, 11) is 0. The third-order valence-electron chi connectivity index (χ3n) is 5.03. The van der Waals surface area contributed by atoms with Crippen molar-refractivity contribution in [3.8, 4) is 0 Å². The van der Waals surface area contributed by atoms with Crippen LogP contribution in [0, 0.1) is 12.7 Å². The number of nitrogens with zero attached hydrogens (tertiary/aromatic N) is 3. The van der Waals surface area contributed by atoms with Crippen LogP contribution in [0.1, 0.15) is 35.5 Å². The number of benzene rings is 1. The van der Waals surface area contributed by atoms with Gasteiger partial charge in [-0.05, 0) is 55.7 Å². The molecule has 6 heteroatoms. The normalized spacial score (nSPS) is 16.6. The highest BCUT2D eigenvalue weighted by Gasteiger charge is 2.26. The molecule has 0 aliphatic carbocycles. The number of anilines is 1. The Morgan fingerprint density at radius 3 is 2.88 bits per heavy atom. The van der Waals surface area contributed by atoms with E-state index in [4.69, 9.17) is 0 Å². The van der Waals surface area contributed by atoms with Crippen molar-refractivity contribution in [2.45, 2.75) is 32.9 Å². The first-order chi connectivity index (χ1) is 11.6. The maximum atomic E-state index is 13.5. The minimum Gasteiger partial charge on any atom is -0.390 e. The number of rotatable bonds is 2. The second-order valence-corrected chi connectivity index (χ2v) is 6.35.